The SMILES string of the molecule is C=CCCCCC(=O)N(Cc1ccc(C)cc1)[C@@H]1CC(C(=O)NCCO)=C[C@H](Oc2ccccc2I)[C@H]1O. The molecule has 0 fully saturated rings. The van der Waals surface area contributed by atoms with Crippen LogP contribution in [0.3, 0.4) is 0 Å². The van der Waals surface area contributed by atoms with Gasteiger partial charge in [-0.25, -0.2) is 0 Å². The Morgan fingerprint density at radius 2 is 1.92 bits per heavy atom. The second-order valence-corrected chi connectivity index (χ2v) is 10.7. The van der Waals surface area contributed by atoms with Gasteiger partial charge in [-0.2, -0.15) is 0 Å². The van der Waals surface area contributed by atoms with E-state index in [9.17, 15) is 19.8 Å². The number of aliphatic hydroxyl groups excluding tert-OH is 2. The van der Waals surface area contributed by atoms with Gasteiger partial charge in [-0.3, -0.25) is 9.59 Å². The maximum absolute atomic E-state index is 13.6. The molecule has 0 saturated heterocycles. The zero-order valence-electron chi connectivity index (χ0n) is 21.8. The minimum atomic E-state index is -1.05. The van der Waals surface area contributed by atoms with Gasteiger partial charge in [0.1, 0.15) is 18.0 Å². The molecule has 38 heavy (non-hydrogen) atoms. The van der Waals surface area contributed by atoms with Crippen molar-refractivity contribution in [2.24, 2.45) is 0 Å². The summed E-state index contributed by atoms with van der Waals surface area (Å²) in [5.74, 6) is 0.162. The molecule has 3 rings (SSSR count). The number of carbonyl (C=O) groups excluding carboxylic acids is 2. The summed E-state index contributed by atoms with van der Waals surface area (Å²) in [6, 6.07) is 14.7. The molecular formula is C30H37IN2O5. The fourth-order valence-corrected chi connectivity index (χ4v) is 4.97. The van der Waals surface area contributed by atoms with Gasteiger partial charge in [-0.05, 0) is 72.5 Å². The van der Waals surface area contributed by atoms with E-state index in [1.165, 1.54) is 0 Å². The second-order valence-electron chi connectivity index (χ2n) is 9.49. The fourth-order valence-electron chi connectivity index (χ4n) is 4.46. The molecule has 0 spiro atoms. The summed E-state index contributed by atoms with van der Waals surface area (Å²) >= 11 is 2.16. The molecule has 1 aliphatic carbocycles. The normalized spacial score (nSPS) is 18.8. The molecule has 8 heteroatoms. The zero-order valence-corrected chi connectivity index (χ0v) is 24.0. The van der Waals surface area contributed by atoms with E-state index in [4.69, 9.17) is 4.74 Å². The summed E-state index contributed by atoms with van der Waals surface area (Å²) in [6.07, 6.45) is 4.49. The largest absolute Gasteiger partial charge is 0.482 e. The Morgan fingerprint density at radius 3 is 2.61 bits per heavy atom. The molecule has 3 N–H and O–H groups in total. The van der Waals surface area contributed by atoms with Crippen molar-refractivity contribution in [2.75, 3.05) is 13.2 Å². The van der Waals surface area contributed by atoms with E-state index in [1.54, 1.807) is 11.0 Å². The number of hydrogen-bond acceptors (Lipinski definition) is 5. The smallest absolute Gasteiger partial charge is 0.247 e. The minimum Gasteiger partial charge on any atom is -0.482 e. The standard InChI is InChI=1S/C30H37IN2O5/c1-3-4-5-6-11-28(35)33(20-22-14-12-21(2)13-15-22)25-18-23(30(37)32-16-17-34)19-27(29(25)36)38-26-10-8-7-9-24(26)31/h3,7-10,12-15,19,25,27,29,34,36H,1,4-6,11,16-18,20H2,2H3,(H,32,37)/t25-,27+,29+/m1/s1. The fraction of sp³-hybridized carbons (Fsp3) is 0.400. The van der Waals surface area contributed by atoms with Crippen LogP contribution < -0.4 is 10.1 Å². The lowest BCUT2D eigenvalue weighted by atomic mass is 9.87. The van der Waals surface area contributed by atoms with Gasteiger partial charge in [0.15, 0.2) is 0 Å². The summed E-state index contributed by atoms with van der Waals surface area (Å²) in [4.78, 5) is 28.2. The number of benzene rings is 2. The highest BCUT2D eigenvalue weighted by molar-refractivity contribution is 14.1. The van der Waals surface area contributed by atoms with Crippen molar-refractivity contribution in [3.05, 3.63) is 87.5 Å². The average Bonchev–Trinajstić information content (AvgIpc) is 2.91. The summed E-state index contributed by atoms with van der Waals surface area (Å²) < 4.78 is 7.08. The van der Waals surface area contributed by atoms with E-state index in [0.29, 0.717) is 30.7 Å². The maximum atomic E-state index is 13.6. The number of rotatable bonds is 13. The predicted octanol–water partition coefficient (Wildman–Crippen LogP) is 4.29. The van der Waals surface area contributed by atoms with Gasteiger partial charge in [0, 0.05) is 31.5 Å². The molecule has 2 aromatic carbocycles. The van der Waals surface area contributed by atoms with Crippen LogP contribution in [0.5, 0.6) is 5.75 Å². The molecule has 204 valence electrons. The predicted molar refractivity (Wildman–Crippen MR) is 157 cm³/mol. The molecule has 0 bridgehead atoms. The summed E-state index contributed by atoms with van der Waals surface area (Å²) in [6.45, 7) is 5.99. The summed E-state index contributed by atoms with van der Waals surface area (Å²) in [5.41, 5.74) is 2.47. The molecule has 0 unspecified atom stereocenters. The molecule has 2 aromatic rings. The molecular weight excluding hydrogens is 595 g/mol. The number of unbranched alkanes of at least 4 members (excludes halogenated alkanes) is 2. The first-order valence-corrected chi connectivity index (χ1v) is 14.1. The van der Waals surface area contributed by atoms with Gasteiger partial charge in [-0.15, -0.1) is 6.58 Å². The van der Waals surface area contributed by atoms with Crippen molar-refractivity contribution >= 4 is 34.4 Å². The number of hydrogen-bond donors (Lipinski definition) is 3. The van der Waals surface area contributed by atoms with Crippen LogP contribution in [-0.2, 0) is 16.1 Å². The Bertz CT molecular complexity index is 1120. The molecule has 7 nitrogen and oxygen atoms in total. The van der Waals surface area contributed by atoms with Crippen molar-refractivity contribution in [2.45, 2.75) is 63.8 Å². The Labute approximate surface area is 238 Å². The highest BCUT2D eigenvalue weighted by atomic mass is 127. The average molecular weight is 633 g/mol. The number of para-hydroxylation sites is 1. The Hall–Kier alpha value is -2.69. The number of aryl methyl sites for hydroxylation is 1. The molecule has 0 radical (unpaired) electrons. The topological polar surface area (TPSA) is 99.1 Å². The molecule has 1 aliphatic rings. The van der Waals surface area contributed by atoms with E-state index >= 15 is 0 Å². The van der Waals surface area contributed by atoms with Gasteiger partial charge < -0.3 is 25.2 Å². The van der Waals surface area contributed by atoms with E-state index < -0.39 is 18.2 Å². The van der Waals surface area contributed by atoms with Gasteiger partial charge in [-0.1, -0.05) is 48.0 Å². The molecule has 2 amide bonds. The first-order chi connectivity index (χ1) is 18.3. The minimum absolute atomic E-state index is 0.0799. The van der Waals surface area contributed by atoms with Gasteiger partial charge in [0.25, 0.3) is 0 Å². The van der Waals surface area contributed by atoms with Crippen molar-refractivity contribution < 1.29 is 24.5 Å². The zero-order chi connectivity index (χ0) is 27.5. The highest BCUT2D eigenvalue weighted by Gasteiger charge is 2.40. The van der Waals surface area contributed by atoms with Crippen molar-refractivity contribution in [1.82, 2.24) is 10.2 Å². The second kappa shape index (κ2) is 15.0. The third-order valence-corrected chi connectivity index (χ3v) is 7.45. The van der Waals surface area contributed by atoms with Crippen LogP contribution in [0.2, 0.25) is 0 Å². The van der Waals surface area contributed by atoms with Gasteiger partial charge in [0.05, 0.1) is 16.2 Å². The van der Waals surface area contributed by atoms with Crippen molar-refractivity contribution in [1.29, 1.82) is 0 Å². The lowest BCUT2D eigenvalue weighted by Gasteiger charge is -2.40. The van der Waals surface area contributed by atoms with Crippen molar-refractivity contribution in [3.8, 4) is 5.75 Å². The van der Waals surface area contributed by atoms with Crippen LogP contribution in [0.25, 0.3) is 0 Å². The number of allylic oxidation sites excluding steroid dienone is 1. The number of amides is 2. The van der Waals surface area contributed by atoms with E-state index in [1.807, 2.05) is 61.5 Å². The van der Waals surface area contributed by atoms with Crippen LogP contribution in [0.4, 0.5) is 0 Å². The molecule has 3 atom stereocenters. The highest BCUT2D eigenvalue weighted by Crippen LogP contribution is 2.31. The number of ether oxygens (including phenoxy) is 1. The number of nitrogens with zero attached hydrogens (tertiary/aromatic N) is 1. The molecule has 0 aromatic heterocycles. The summed E-state index contributed by atoms with van der Waals surface area (Å²) in [5, 5.41) is 23.4. The van der Waals surface area contributed by atoms with Gasteiger partial charge in [0.2, 0.25) is 11.8 Å². The van der Waals surface area contributed by atoms with E-state index in [-0.39, 0.29) is 31.4 Å². The van der Waals surface area contributed by atoms with Crippen molar-refractivity contribution in [3.63, 3.8) is 0 Å². The van der Waals surface area contributed by atoms with E-state index in [0.717, 1.165) is 27.5 Å². The monoisotopic (exact) mass is 632 g/mol. The lowest BCUT2D eigenvalue weighted by Crippen LogP contribution is -2.54. The van der Waals surface area contributed by atoms with Crippen LogP contribution in [-0.4, -0.2) is 58.3 Å². The molecule has 0 heterocycles. The Kier molecular flexibility index (Phi) is 11.8. The number of carbonyl (C=O) groups is 2. The first-order valence-electron chi connectivity index (χ1n) is 13.0. The number of nitrogens with one attached hydrogen (secondary N) is 1. The third-order valence-electron chi connectivity index (χ3n) is 6.56. The quantitative estimate of drug-likeness (QED) is 0.174. The Morgan fingerprint density at radius 1 is 1.18 bits per heavy atom. The Balaban J connectivity index is 1.94. The van der Waals surface area contributed by atoms with Crippen LogP contribution in [0, 0.1) is 10.5 Å². The molecule has 0 saturated carbocycles. The maximum Gasteiger partial charge on any atom is 0.247 e. The number of halogens is 1. The first kappa shape index (κ1) is 29.9. The van der Waals surface area contributed by atoms with Crippen LogP contribution in [0.15, 0.2) is 72.8 Å². The summed E-state index contributed by atoms with van der Waals surface area (Å²) in [7, 11) is 0. The van der Waals surface area contributed by atoms with Gasteiger partial charge >= 0.3 is 0 Å². The van der Waals surface area contributed by atoms with Crippen LogP contribution in [0.1, 0.15) is 43.2 Å². The lowest BCUT2D eigenvalue weighted by molar-refractivity contribution is -0.139. The molecule has 0 aliphatic heterocycles. The number of aliphatic hydroxyl groups is 2. The van der Waals surface area contributed by atoms with E-state index in [2.05, 4.69) is 34.5 Å². The third kappa shape index (κ3) is 8.41. The van der Waals surface area contributed by atoms with Crippen LogP contribution >= 0.6 is 22.6 Å².